The normalized spacial score (nSPS) is 12.1. The Morgan fingerprint density at radius 3 is 1.41 bits per heavy atom. The van der Waals surface area contributed by atoms with Crippen LogP contribution >= 0.6 is 0 Å². The predicted molar refractivity (Wildman–Crippen MR) is 141 cm³/mol. The van der Waals surface area contributed by atoms with Crippen molar-refractivity contribution in [3.05, 3.63) is 35.9 Å². The van der Waals surface area contributed by atoms with Crippen LogP contribution in [0.25, 0.3) is 0 Å². The van der Waals surface area contributed by atoms with Gasteiger partial charge in [-0.3, -0.25) is 4.79 Å². The highest BCUT2D eigenvalue weighted by Gasteiger charge is 2.08. The van der Waals surface area contributed by atoms with Crippen molar-refractivity contribution >= 4 is 5.91 Å². The molecule has 0 saturated carbocycles. The Hall–Kier alpha value is -1.31. The van der Waals surface area contributed by atoms with Gasteiger partial charge in [0.15, 0.2) is 0 Å². The van der Waals surface area contributed by atoms with Gasteiger partial charge in [-0.15, -0.1) is 0 Å². The molecule has 0 aliphatic rings. The molecule has 1 aromatic carbocycles. The highest BCUT2D eigenvalue weighted by Crippen LogP contribution is 2.15. The zero-order chi connectivity index (χ0) is 23.1. The number of unbranched alkanes of at least 4 members (excludes halogenated alkanes) is 18. The lowest BCUT2D eigenvalue weighted by atomic mass is 10.0. The third-order valence-corrected chi connectivity index (χ3v) is 6.68. The minimum absolute atomic E-state index is 0.101. The molecule has 0 spiro atoms. The van der Waals surface area contributed by atoms with Crippen LogP contribution in [-0.4, -0.2) is 5.91 Å². The van der Waals surface area contributed by atoms with Crippen LogP contribution in [0.3, 0.4) is 0 Å². The first-order valence-electron chi connectivity index (χ1n) is 14.1. The molecule has 0 aromatic heterocycles. The standard InChI is InChI=1S/C30H53NO/c1-3-4-5-6-7-8-9-10-11-12-13-14-15-16-17-18-19-20-24-27-30(32)31-28(2)29-25-22-21-23-26-29/h21-23,25-26,28H,3-20,24,27H2,1-2H3,(H,31,32). The first-order chi connectivity index (χ1) is 15.7. The maximum Gasteiger partial charge on any atom is 0.220 e. The fourth-order valence-electron chi connectivity index (χ4n) is 4.50. The van der Waals surface area contributed by atoms with Crippen molar-refractivity contribution in [2.24, 2.45) is 0 Å². The minimum atomic E-state index is 0.101. The SMILES string of the molecule is CCCCCCCCCCCCCCCCCCCCCC(=O)NC(C)c1ccccc1. The van der Waals surface area contributed by atoms with E-state index >= 15 is 0 Å². The van der Waals surface area contributed by atoms with Crippen LogP contribution in [0.15, 0.2) is 30.3 Å². The maximum absolute atomic E-state index is 12.1. The van der Waals surface area contributed by atoms with E-state index < -0.39 is 0 Å². The monoisotopic (exact) mass is 443 g/mol. The van der Waals surface area contributed by atoms with Gasteiger partial charge in [0, 0.05) is 6.42 Å². The number of carbonyl (C=O) groups excluding carboxylic acids is 1. The Bertz CT molecular complexity index is 527. The number of benzene rings is 1. The quantitative estimate of drug-likeness (QED) is 0.177. The Balaban J connectivity index is 1.77. The van der Waals surface area contributed by atoms with Crippen LogP contribution in [0.2, 0.25) is 0 Å². The van der Waals surface area contributed by atoms with Crippen LogP contribution in [0.1, 0.15) is 154 Å². The van der Waals surface area contributed by atoms with Crippen LogP contribution < -0.4 is 5.32 Å². The maximum atomic E-state index is 12.1. The Morgan fingerprint density at radius 1 is 0.625 bits per heavy atom. The molecule has 0 heterocycles. The number of hydrogen-bond donors (Lipinski definition) is 1. The molecule has 2 nitrogen and oxygen atoms in total. The van der Waals surface area contributed by atoms with Crippen molar-refractivity contribution in [1.82, 2.24) is 5.32 Å². The van der Waals surface area contributed by atoms with Gasteiger partial charge in [-0.25, -0.2) is 0 Å². The summed E-state index contributed by atoms with van der Waals surface area (Å²) in [5.74, 6) is 0.188. The van der Waals surface area contributed by atoms with Crippen molar-refractivity contribution in [1.29, 1.82) is 0 Å². The molecule has 184 valence electrons. The summed E-state index contributed by atoms with van der Waals surface area (Å²) in [6.45, 7) is 4.35. The summed E-state index contributed by atoms with van der Waals surface area (Å²) in [5.41, 5.74) is 1.18. The molecule has 0 fully saturated rings. The molecule has 2 heteroatoms. The lowest BCUT2D eigenvalue weighted by Gasteiger charge is -2.14. The van der Waals surface area contributed by atoms with E-state index in [1.165, 1.54) is 121 Å². The number of nitrogens with one attached hydrogen (secondary N) is 1. The Kier molecular flexibility index (Phi) is 19.3. The highest BCUT2D eigenvalue weighted by molar-refractivity contribution is 5.76. The molecular formula is C30H53NO. The van der Waals surface area contributed by atoms with E-state index in [0.29, 0.717) is 6.42 Å². The summed E-state index contributed by atoms with van der Waals surface area (Å²) in [7, 11) is 0. The topological polar surface area (TPSA) is 29.1 Å². The second-order valence-electron chi connectivity index (χ2n) is 9.81. The van der Waals surface area contributed by atoms with Gasteiger partial charge in [-0.05, 0) is 18.9 Å². The highest BCUT2D eigenvalue weighted by atomic mass is 16.1. The molecule has 32 heavy (non-hydrogen) atoms. The molecule has 1 aromatic rings. The summed E-state index contributed by atoms with van der Waals surface area (Å²) in [6, 6.07) is 10.3. The predicted octanol–water partition coefficient (Wildman–Crippen LogP) is 9.69. The molecule has 1 rings (SSSR count). The number of carbonyl (C=O) groups is 1. The number of amides is 1. The van der Waals surface area contributed by atoms with E-state index in [2.05, 4.69) is 31.3 Å². The van der Waals surface area contributed by atoms with E-state index in [1.807, 2.05) is 18.2 Å². The fourth-order valence-corrected chi connectivity index (χ4v) is 4.50. The van der Waals surface area contributed by atoms with E-state index in [9.17, 15) is 4.79 Å². The van der Waals surface area contributed by atoms with E-state index in [4.69, 9.17) is 0 Å². The molecule has 0 aliphatic carbocycles. The van der Waals surface area contributed by atoms with Crippen molar-refractivity contribution < 1.29 is 4.79 Å². The second-order valence-corrected chi connectivity index (χ2v) is 9.81. The summed E-state index contributed by atoms with van der Waals surface area (Å²) in [4.78, 5) is 12.1. The van der Waals surface area contributed by atoms with Crippen LogP contribution in [-0.2, 0) is 4.79 Å². The minimum Gasteiger partial charge on any atom is -0.350 e. The first-order valence-corrected chi connectivity index (χ1v) is 14.1. The molecule has 1 unspecified atom stereocenters. The van der Waals surface area contributed by atoms with Gasteiger partial charge >= 0.3 is 0 Å². The van der Waals surface area contributed by atoms with Crippen LogP contribution in [0.4, 0.5) is 0 Å². The third kappa shape index (κ3) is 17.3. The van der Waals surface area contributed by atoms with Gasteiger partial charge in [0.25, 0.3) is 0 Å². The van der Waals surface area contributed by atoms with Crippen LogP contribution in [0, 0.1) is 0 Å². The molecule has 0 saturated heterocycles. The van der Waals surface area contributed by atoms with Crippen molar-refractivity contribution in [3.8, 4) is 0 Å². The molecular weight excluding hydrogens is 390 g/mol. The van der Waals surface area contributed by atoms with Gasteiger partial charge in [0.1, 0.15) is 0 Å². The first kappa shape index (κ1) is 28.7. The lowest BCUT2D eigenvalue weighted by molar-refractivity contribution is -0.121. The molecule has 1 N–H and O–H groups in total. The summed E-state index contributed by atoms with van der Waals surface area (Å²) >= 11 is 0. The molecule has 1 amide bonds. The molecule has 0 bridgehead atoms. The van der Waals surface area contributed by atoms with Crippen molar-refractivity contribution in [3.63, 3.8) is 0 Å². The lowest BCUT2D eigenvalue weighted by Crippen LogP contribution is -2.26. The van der Waals surface area contributed by atoms with Gasteiger partial charge in [0.2, 0.25) is 5.91 Å². The van der Waals surface area contributed by atoms with Crippen molar-refractivity contribution in [2.45, 2.75) is 148 Å². The average molecular weight is 444 g/mol. The Labute approximate surface area is 200 Å². The zero-order valence-electron chi connectivity index (χ0n) is 21.5. The summed E-state index contributed by atoms with van der Waals surface area (Å²) in [6.07, 6.45) is 26.9. The number of rotatable bonds is 22. The van der Waals surface area contributed by atoms with Gasteiger partial charge in [0.05, 0.1) is 6.04 Å². The fraction of sp³-hybridized carbons (Fsp3) is 0.767. The van der Waals surface area contributed by atoms with E-state index in [-0.39, 0.29) is 11.9 Å². The molecule has 0 radical (unpaired) electrons. The van der Waals surface area contributed by atoms with E-state index in [1.54, 1.807) is 0 Å². The smallest absolute Gasteiger partial charge is 0.220 e. The summed E-state index contributed by atoms with van der Waals surface area (Å²) in [5, 5.41) is 3.12. The van der Waals surface area contributed by atoms with E-state index in [0.717, 1.165) is 6.42 Å². The third-order valence-electron chi connectivity index (χ3n) is 6.68. The van der Waals surface area contributed by atoms with Gasteiger partial charge in [-0.1, -0.05) is 153 Å². The van der Waals surface area contributed by atoms with Gasteiger partial charge < -0.3 is 5.32 Å². The van der Waals surface area contributed by atoms with Crippen molar-refractivity contribution in [2.75, 3.05) is 0 Å². The molecule has 1 atom stereocenters. The zero-order valence-corrected chi connectivity index (χ0v) is 21.5. The number of hydrogen-bond acceptors (Lipinski definition) is 1. The van der Waals surface area contributed by atoms with Gasteiger partial charge in [-0.2, -0.15) is 0 Å². The largest absolute Gasteiger partial charge is 0.350 e. The molecule has 0 aliphatic heterocycles. The van der Waals surface area contributed by atoms with Crippen LogP contribution in [0.5, 0.6) is 0 Å². The second kappa shape index (κ2) is 21.5. The summed E-state index contributed by atoms with van der Waals surface area (Å²) < 4.78 is 0. The Morgan fingerprint density at radius 2 is 1.00 bits per heavy atom. The average Bonchev–Trinajstić information content (AvgIpc) is 2.81.